The second kappa shape index (κ2) is 12.2. The number of urea groups is 1. The topological polar surface area (TPSA) is 110 Å². The van der Waals surface area contributed by atoms with Crippen LogP contribution in [0.5, 0.6) is 5.88 Å². The summed E-state index contributed by atoms with van der Waals surface area (Å²) in [5, 5.41) is 13.8. The molecule has 2 N–H and O–H groups in total. The number of anilines is 2. The van der Waals surface area contributed by atoms with Crippen LogP contribution < -0.4 is 15.4 Å². The second-order valence-corrected chi connectivity index (χ2v) is 10.9. The Hall–Kier alpha value is -4.36. The Balaban J connectivity index is 1.12. The van der Waals surface area contributed by atoms with Crippen molar-refractivity contribution in [1.82, 2.24) is 24.7 Å². The maximum Gasteiger partial charge on any atom is 0.324 e. The summed E-state index contributed by atoms with van der Waals surface area (Å²) in [5.41, 5.74) is 2.52. The van der Waals surface area contributed by atoms with Crippen molar-refractivity contribution in [2.75, 3.05) is 36.9 Å². The number of benzene rings is 1. The minimum Gasteiger partial charge on any atom is -0.478 e. The molecular formula is C30H35N7O3. The average molecular weight is 542 g/mol. The van der Waals surface area contributed by atoms with E-state index in [9.17, 15) is 4.79 Å². The van der Waals surface area contributed by atoms with Gasteiger partial charge in [0.2, 0.25) is 5.88 Å². The fourth-order valence-electron chi connectivity index (χ4n) is 4.39. The third-order valence-corrected chi connectivity index (χ3v) is 6.59. The molecule has 0 bridgehead atoms. The molecule has 1 aliphatic rings. The van der Waals surface area contributed by atoms with Gasteiger partial charge in [-0.25, -0.2) is 9.31 Å². The Morgan fingerprint density at radius 1 is 1.05 bits per heavy atom. The minimum atomic E-state index is -0.407. The highest BCUT2D eigenvalue weighted by atomic mass is 16.5. The molecule has 1 aromatic carbocycles. The number of piperidine rings is 1. The number of nitrogens with zero attached hydrogens (tertiary/aromatic N) is 5. The van der Waals surface area contributed by atoms with Crippen LogP contribution in [0.4, 0.5) is 16.3 Å². The van der Waals surface area contributed by atoms with Crippen LogP contribution in [0.15, 0.2) is 53.2 Å². The summed E-state index contributed by atoms with van der Waals surface area (Å²) >= 11 is 0. The van der Waals surface area contributed by atoms with Gasteiger partial charge in [0, 0.05) is 47.6 Å². The van der Waals surface area contributed by atoms with Gasteiger partial charge >= 0.3 is 6.03 Å². The molecule has 0 saturated carbocycles. The van der Waals surface area contributed by atoms with Crippen molar-refractivity contribution < 1.29 is 14.1 Å². The van der Waals surface area contributed by atoms with Gasteiger partial charge in [-0.2, -0.15) is 10.1 Å². The van der Waals surface area contributed by atoms with Crippen molar-refractivity contribution in [1.29, 1.82) is 0 Å². The van der Waals surface area contributed by atoms with E-state index in [4.69, 9.17) is 9.26 Å². The van der Waals surface area contributed by atoms with E-state index in [-0.39, 0.29) is 5.41 Å². The molecule has 40 heavy (non-hydrogen) atoms. The van der Waals surface area contributed by atoms with Crippen LogP contribution >= 0.6 is 0 Å². The van der Waals surface area contributed by atoms with Crippen LogP contribution in [0.1, 0.15) is 63.5 Å². The molecule has 208 valence electrons. The van der Waals surface area contributed by atoms with Gasteiger partial charge in [0.25, 0.3) is 0 Å². The van der Waals surface area contributed by atoms with Gasteiger partial charge < -0.3 is 19.5 Å². The number of carbonyl (C=O) groups excluding carboxylic acids is 1. The number of amides is 2. The predicted molar refractivity (Wildman–Crippen MR) is 154 cm³/mol. The lowest BCUT2D eigenvalue weighted by Crippen LogP contribution is -2.31. The van der Waals surface area contributed by atoms with Gasteiger partial charge in [0.1, 0.15) is 11.5 Å². The quantitative estimate of drug-likeness (QED) is 0.241. The molecule has 5 rings (SSSR count). The van der Waals surface area contributed by atoms with E-state index < -0.39 is 6.03 Å². The Labute approximate surface area is 234 Å². The van der Waals surface area contributed by atoms with Crippen LogP contribution in [-0.2, 0) is 5.41 Å². The van der Waals surface area contributed by atoms with E-state index in [0.717, 1.165) is 18.5 Å². The number of hydrogen-bond acceptors (Lipinski definition) is 7. The summed E-state index contributed by atoms with van der Waals surface area (Å²) in [4.78, 5) is 19.4. The molecule has 4 heterocycles. The number of ether oxygens (including phenoxy) is 1. The fraction of sp³-hybridized carbons (Fsp3) is 0.400. The Morgan fingerprint density at radius 2 is 1.85 bits per heavy atom. The van der Waals surface area contributed by atoms with E-state index >= 15 is 0 Å². The first-order valence-corrected chi connectivity index (χ1v) is 13.7. The summed E-state index contributed by atoms with van der Waals surface area (Å²) in [6, 6.07) is 12.2. The number of likely N-dealkylation sites (tertiary alicyclic amines) is 1. The van der Waals surface area contributed by atoms with Crippen molar-refractivity contribution in [3.63, 3.8) is 0 Å². The molecular weight excluding hydrogens is 506 g/mol. The van der Waals surface area contributed by atoms with E-state index in [0.29, 0.717) is 41.1 Å². The summed E-state index contributed by atoms with van der Waals surface area (Å²) in [6.45, 7) is 10.1. The lowest BCUT2D eigenvalue weighted by molar-refractivity contribution is 0.203. The Morgan fingerprint density at radius 3 is 2.60 bits per heavy atom. The fourth-order valence-corrected chi connectivity index (χ4v) is 4.39. The highest BCUT2D eigenvalue weighted by Crippen LogP contribution is 2.24. The zero-order valence-electron chi connectivity index (χ0n) is 23.2. The smallest absolute Gasteiger partial charge is 0.324 e. The molecule has 3 aromatic heterocycles. The molecule has 0 unspecified atom stereocenters. The monoisotopic (exact) mass is 541 g/mol. The first kappa shape index (κ1) is 27.2. The molecule has 0 radical (unpaired) electrons. The highest BCUT2D eigenvalue weighted by molar-refractivity contribution is 5.99. The van der Waals surface area contributed by atoms with Gasteiger partial charge in [-0.15, -0.1) is 0 Å². The number of carbonyl (C=O) groups is 1. The Kier molecular flexibility index (Phi) is 8.31. The summed E-state index contributed by atoms with van der Waals surface area (Å²) in [5.74, 6) is 7.83. The highest BCUT2D eigenvalue weighted by Gasteiger charge is 2.20. The maximum absolute atomic E-state index is 12.3. The van der Waals surface area contributed by atoms with Gasteiger partial charge in [0.15, 0.2) is 11.5 Å². The van der Waals surface area contributed by atoms with E-state index in [1.165, 1.54) is 32.4 Å². The van der Waals surface area contributed by atoms with Crippen molar-refractivity contribution in [2.24, 2.45) is 0 Å². The molecule has 0 atom stereocenters. The summed E-state index contributed by atoms with van der Waals surface area (Å²) in [7, 11) is 0. The molecule has 1 saturated heterocycles. The van der Waals surface area contributed by atoms with Crippen molar-refractivity contribution in [3.8, 4) is 17.7 Å². The lowest BCUT2D eigenvalue weighted by atomic mass is 9.93. The number of fused-ring (bicyclic) bond motifs is 1. The minimum absolute atomic E-state index is 0.191. The Bertz CT molecular complexity index is 1500. The third kappa shape index (κ3) is 7.39. The van der Waals surface area contributed by atoms with Crippen LogP contribution in [0.2, 0.25) is 0 Å². The SMILES string of the molecule is CC(C)(C)c1cc(NC(=O)Nc2ccc(C#Cc3cc4nc(OCCCN5CCCCC5)ccn4n3)cc2)no1. The lowest BCUT2D eigenvalue weighted by Gasteiger charge is -2.26. The van der Waals surface area contributed by atoms with E-state index in [1.807, 2.05) is 51.2 Å². The first-order chi connectivity index (χ1) is 19.3. The summed E-state index contributed by atoms with van der Waals surface area (Å²) in [6.07, 6.45) is 6.78. The van der Waals surface area contributed by atoms with E-state index in [1.54, 1.807) is 22.7 Å². The molecule has 2 amide bonds. The number of nitrogens with one attached hydrogen (secondary N) is 2. The molecule has 4 aromatic rings. The molecule has 1 fully saturated rings. The number of hydrogen-bond donors (Lipinski definition) is 2. The number of rotatable bonds is 7. The van der Waals surface area contributed by atoms with Crippen molar-refractivity contribution in [3.05, 3.63) is 65.7 Å². The normalized spacial score (nSPS) is 14.0. The first-order valence-electron chi connectivity index (χ1n) is 13.7. The zero-order valence-corrected chi connectivity index (χ0v) is 23.2. The second-order valence-electron chi connectivity index (χ2n) is 10.9. The van der Waals surface area contributed by atoms with Gasteiger partial charge in [-0.05, 0) is 62.5 Å². The van der Waals surface area contributed by atoms with Gasteiger partial charge in [0.05, 0.1) is 6.61 Å². The van der Waals surface area contributed by atoms with Gasteiger partial charge in [-0.1, -0.05) is 38.3 Å². The largest absolute Gasteiger partial charge is 0.478 e. The zero-order chi connectivity index (χ0) is 28.0. The van der Waals surface area contributed by atoms with E-state index in [2.05, 4.69) is 42.6 Å². The molecule has 10 nitrogen and oxygen atoms in total. The van der Waals surface area contributed by atoms with Crippen LogP contribution in [0, 0.1) is 11.8 Å². The van der Waals surface area contributed by atoms with Crippen molar-refractivity contribution >= 4 is 23.2 Å². The molecule has 0 aliphatic carbocycles. The third-order valence-electron chi connectivity index (χ3n) is 6.59. The van der Waals surface area contributed by atoms with Gasteiger partial charge in [-0.3, -0.25) is 5.32 Å². The average Bonchev–Trinajstić information content (AvgIpc) is 3.58. The van der Waals surface area contributed by atoms with Crippen LogP contribution in [-0.4, -0.2) is 56.9 Å². The summed E-state index contributed by atoms with van der Waals surface area (Å²) < 4.78 is 12.9. The van der Waals surface area contributed by atoms with Crippen LogP contribution in [0.3, 0.4) is 0 Å². The maximum atomic E-state index is 12.3. The van der Waals surface area contributed by atoms with Crippen molar-refractivity contribution in [2.45, 2.75) is 51.9 Å². The molecule has 10 heteroatoms. The standard InChI is InChI=1S/C30H35N7O3/c1-30(2,3)25-21-26(35-40-25)32-29(38)31-23-11-8-22(9-12-23)10-13-24-20-27-33-28(14-18-37(27)34-24)39-19-7-17-36-15-5-4-6-16-36/h8-9,11-12,14,18,20-21H,4-7,15-17,19H2,1-3H3,(H2,31,32,35,38). The predicted octanol–water partition coefficient (Wildman–Crippen LogP) is 5.31. The molecule has 0 spiro atoms. The number of aromatic nitrogens is 4. The molecule has 1 aliphatic heterocycles. The van der Waals surface area contributed by atoms with Crippen LogP contribution in [0.25, 0.3) is 5.65 Å².